The Morgan fingerprint density at radius 3 is 2.57 bits per heavy atom. The summed E-state index contributed by atoms with van der Waals surface area (Å²) < 4.78 is 24.3. The smallest absolute Gasteiger partial charge is 0.209 e. The van der Waals surface area contributed by atoms with Crippen molar-refractivity contribution < 1.29 is 13.2 Å². The van der Waals surface area contributed by atoms with Crippen LogP contribution in [-0.2, 0) is 10.0 Å². The number of sulfonamides is 1. The molecule has 0 saturated heterocycles. The molecule has 0 saturated carbocycles. The van der Waals surface area contributed by atoms with Crippen LogP contribution < -0.4 is 4.72 Å². The van der Waals surface area contributed by atoms with Gasteiger partial charge in [-0.2, -0.15) is 0 Å². The molecule has 0 fully saturated rings. The minimum atomic E-state index is -3.20. The number of thiophene rings is 1. The fourth-order valence-corrected chi connectivity index (χ4v) is 2.72. The minimum Gasteiger partial charge on any atom is -0.297 e. The van der Waals surface area contributed by atoms with Gasteiger partial charge >= 0.3 is 0 Å². The molecule has 1 N–H and O–H groups in total. The molecule has 0 aliphatic heterocycles. The zero-order valence-electron chi connectivity index (χ0n) is 7.85. The average molecular weight is 233 g/mol. The molecule has 1 heterocycles. The lowest BCUT2D eigenvalue weighted by atomic mass is 10.3. The van der Waals surface area contributed by atoms with E-state index < -0.39 is 10.0 Å². The lowest BCUT2D eigenvalue weighted by Gasteiger charge is -2.09. The number of rotatable bonds is 4. The fourth-order valence-electron chi connectivity index (χ4n) is 1.04. The largest absolute Gasteiger partial charge is 0.297 e. The van der Waals surface area contributed by atoms with E-state index in [9.17, 15) is 13.2 Å². The van der Waals surface area contributed by atoms with Crippen LogP contribution in [0, 0.1) is 0 Å². The first-order valence-electron chi connectivity index (χ1n) is 3.94. The molecule has 0 aliphatic rings. The van der Waals surface area contributed by atoms with Gasteiger partial charge in [0.05, 0.1) is 17.2 Å². The number of aldehydes is 1. The zero-order chi connectivity index (χ0) is 10.8. The van der Waals surface area contributed by atoms with E-state index in [2.05, 4.69) is 4.72 Å². The number of nitrogens with one attached hydrogen (secondary N) is 1. The summed E-state index contributed by atoms with van der Waals surface area (Å²) in [6.45, 7) is 1.74. The number of hydrogen-bond donors (Lipinski definition) is 1. The Balaban J connectivity index is 2.79. The van der Waals surface area contributed by atoms with E-state index in [1.807, 2.05) is 0 Å². The van der Waals surface area contributed by atoms with E-state index in [1.54, 1.807) is 19.1 Å². The Bertz CT molecular complexity index is 422. The van der Waals surface area contributed by atoms with E-state index in [1.165, 1.54) is 11.3 Å². The maximum absolute atomic E-state index is 10.9. The summed E-state index contributed by atoms with van der Waals surface area (Å²) in [7, 11) is -3.20. The van der Waals surface area contributed by atoms with E-state index in [-0.39, 0.29) is 6.04 Å². The van der Waals surface area contributed by atoms with Gasteiger partial charge in [-0.25, -0.2) is 13.1 Å². The van der Waals surface area contributed by atoms with Crippen molar-refractivity contribution in [3.05, 3.63) is 21.9 Å². The summed E-state index contributed by atoms with van der Waals surface area (Å²) in [6.07, 6.45) is 1.86. The van der Waals surface area contributed by atoms with Crippen molar-refractivity contribution in [3.8, 4) is 0 Å². The van der Waals surface area contributed by atoms with Crippen molar-refractivity contribution >= 4 is 27.6 Å². The predicted octanol–water partition coefficient (Wildman–Crippen LogP) is 1.17. The van der Waals surface area contributed by atoms with Gasteiger partial charge in [0.25, 0.3) is 0 Å². The summed E-state index contributed by atoms with van der Waals surface area (Å²) in [6, 6.07) is 3.13. The molecule has 6 heteroatoms. The zero-order valence-corrected chi connectivity index (χ0v) is 9.48. The van der Waals surface area contributed by atoms with Crippen LogP contribution in [0.3, 0.4) is 0 Å². The molecule has 0 bridgehead atoms. The standard InChI is InChI=1S/C8H11NO3S2/c1-6(9-14(2,11)12)8-4-3-7(5-10)13-8/h3-6,9H,1-2H3/t6-/m1/s1. The summed E-state index contributed by atoms with van der Waals surface area (Å²) in [5.41, 5.74) is 0. The molecule has 0 aromatic carbocycles. The predicted molar refractivity (Wildman–Crippen MR) is 56.1 cm³/mol. The van der Waals surface area contributed by atoms with Gasteiger partial charge in [0.2, 0.25) is 10.0 Å². The molecule has 1 aromatic rings. The van der Waals surface area contributed by atoms with Crippen LogP contribution >= 0.6 is 11.3 Å². The molecule has 1 aromatic heterocycles. The van der Waals surface area contributed by atoms with Crippen LogP contribution in [0.1, 0.15) is 27.5 Å². The molecule has 14 heavy (non-hydrogen) atoms. The second-order valence-electron chi connectivity index (χ2n) is 2.97. The number of carbonyl (C=O) groups excluding carboxylic acids is 1. The first-order valence-corrected chi connectivity index (χ1v) is 6.65. The van der Waals surface area contributed by atoms with Crippen LogP contribution in [0.5, 0.6) is 0 Å². The third kappa shape index (κ3) is 3.21. The molecule has 1 rings (SSSR count). The van der Waals surface area contributed by atoms with E-state index in [0.29, 0.717) is 4.88 Å². The second kappa shape index (κ2) is 4.20. The van der Waals surface area contributed by atoms with E-state index in [4.69, 9.17) is 0 Å². The molecule has 1 atom stereocenters. The van der Waals surface area contributed by atoms with E-state index >= 15 is 0 Å². The maximum Gasteiger partial charge on any atom is 0.209 e. The Labute approximate surface area is 87.0 Å². The number of carbonyl (C=O) groups is 1. The molecule has 0 spiro atoms. The molecule has 0 amide bonds. The van der Waals surface area contributed by atoms with Crippen molar-refractivity contribution in [1.29, 1.82) is 0 Å². The van der Waals surface area contributed by atoms with E-state index in [0.717, 1.165) is 17.4 Å². The molecular weight excluding hydrogens is 222 g/mol. The highest BCUT2D eigenvalue weighted by Gasteiger charge is 2.12. The van der Waals surface area contributed by atoms with Crippen molar-refractivity contribution in [2.24, 2.45) is 0 Å². The molecule has 0 radical (unpaired) electrons. The second-order valence-corrected chi connectivity index (χ2v) is 5.90. The first kappa shape index (κ1) is 11.4. The van der Waals surface area contributed by atoms with Gasteiger partial charge in [0, 0.05) is 4.88 Å². The summed E-state index contributed by atoms with van der Waals surface area (Å²) >= 11 is 1.29. The van der Waals surface area contributed by atoms with Crippen LogP contribution in [0.2, 0.25) is 0 Å². The summed E-state index contributed by atoms with van der Waals surface area (Å²) in [5.74, 6) is 0. The van der Waals surface area contributed by atoms with Crippen molar-refractivity contribution in [1.82, 2.24) is 4.72 Å². The third-order valence-corrected chi connectivity index (χ3v) is 3.56. The van der Waals surface area contributed by atoms with Gasteiger partial charge in [-0.05, 0) is 19.1 Å². The quantitative estimate of drug-likeness (QED) is 0.794. The van der Waals surface area contributed by atoms with Crippen molar-refractivity contribution in [2.75, 3.05) is 6.26 Å². The molecule has 0 unspecified atom stereocenters. The van der Waals surface area contributed by atoms with Crippen molar-refractivity contribution in [2.45, 2.75) is 13.0 Å². The topological polar surface area (TPSA) is 63.2 Å². The SMILES string of the molecule is C[C@@H](NS(C)(=O)=O)c1ccc(C=O)s1. The van der Waals surface area contributed by atoms with Crippen LogP contribution in [-0.4, -0.2) is 21.0 Å². The fraction of sp³-hybridized carbons (Fsp3) is 0.375. The first-order chi connectivity index (χ1) is 6.42. The van der Waals surface area contributed by atoms with Crippen LogP contribution in [0.4, 0.5) is 0 Å². The Hall–Kier alpha value is -0.720. The van der Waals surface area contributed by atoms with Crippen LogP contribution in [0.15, 0.2) is 12.1 Å². The Kier molecular flexibility index (Phi) is 3.41. The van der Waals surface area contributed by atoms with Crippen molar-refractivity contribution in [3.63, 3.8) is 0 Å². The highest BCUT2D eigenvalue weighted by molar-refractivity contribution is 7.88. The van der Waals surface area contributed by atoms with Gasteiger partial charge in [-0.15, -0.1) is 11.3 Å². The molecule has 4 nitrogen and oxygen atoms in total. The Morgan fingerprint density at radius 1 is 1.50 bits per heavy atom. The molecule has 0 aliphatic carbocycles. The summed E-state index contributed by atoms with van der Waals surface area (Å²) in [4.78, 5) is 11.8. The summed E-state index contributed by atoms with van der Waals surface area (Å²) in [5, 5.41) is 0. The van der Waals surface area contributed by atoms with Gasteiger partial charge in [-0.1, -0.05) is 0 Å². The highest BCUT2D eigenvalue weighted by Crippen LogP contribution is 2.22. The minimum absolute atomic E-state index is 0.288. The lowest BCUT2D eigenvalue weighted by molar-refractivity contribution is 0.112. The third-order valence-electron chi connectivity index (χ3n) is 1.58. The molecule has 78 valence electrons. The highest BCUT2D eigenvalue weighted by atomic mass is 32.2. The van der Waals surface area contributed by atoms with Crippen LogP contribution in [0.25, 0.3) is 0 Å². The van der Waals surface area contributed by atoms with Gasteiger partial charge in [0.1, 0.15) is 0 Å². The van der Waals surface area contributed by atoms with Gasteiger partial charge < -0.3 is 0 Å². The monoisotopic (exact) mass is 233 g/mol. The Morgan fingerprint density at radius 2 is 2.14 bits per heavy atom. The van der Waals surface area contributed by atoms with Gasteiger partial charge in [-0.3, -0.25) is 4.79 Å². The normalized spacial score (nSPS) is 13.9. The number of hydrogen-bond acceptors (Lipinski definition) is 4. The molecular formula is C8H11NO3S2. The maximum atomic E-state index is 10.9. The van der Waals surface area contributed by atoms with Gasteiger partial charge in [0.15, 0.2) is 6.29 Å². The lowest BCUT2D eigenvalue weighted by Crippen LogP contribution is -2.24. The average Bonchev–Trinajstić information content (AvgIpc) is 2.48.